The molecule has 7 nitrogen and oxygen atoms in total. The van der Waals surface area contributed by atoms with Gasteiger partial charge in [0, 0.05) is 7.11 Å². The van der Waals surface area contributed by atoms with E-state index in [0.29, 0.717) is 0 Å². The first-order valence-corrected chi connectivity index (χ1v) is 8.45. The highest BCUT2D eigenvalue weighted by atomic mass is 16.5. The molecule has 134 valence electrons. The molecule has 1 aliphatic heterocycles. The third-order valence-corrected chi connectivity index (χ3v) is 4.78. The van der Waals surface area contributed by atoms with Gasteiger partial charge in [0.1, 0.15) is 12.1 Å². The van der Waals surface area contributed by atoms with Crippen LogP contribution in [0, 0.1) is 0 Å². The molecule has 1 fully saturated rings. The number of hydrogen-bond acceptors (Lipinski definition) is 4. The van der Waals surface area contributed by atoms with Gasteiger partial charge in [0.2, 0.25) is 5.91 Å². The first-order chi connectivity index (χ1) is 11.9. The molecule has 3 rings (SSSR count). The number of urea groups is 1. The second kappa shape index (κ2) is 6.84. The number of fused-ring (bicyclic) bond motifs is 1. The first-order valence-electron chi connectivity index (χ1n) is 8.45. The van der Waals surface area contributed by atoms with E-state index in [0.717, 1.165) is 29.7 Å². The van der Waals surface area contributed by atoms with Gasteiger partial charge in [-0.05, 0) is 37.3 Å². The van der Waals surface area contributed by atoms with Crippen molar-refractivity contribution in [1.29, 1.82) is 0 Å². The molecule has 0 saturated carbocycles. The maximum absolute atomic E-state index is 12.4. The molecule has 0 radical (unpaired) electrons. The number of imide groups is 1. The van der Waals surface area contributed by atoms with Gasteiger partial charge in [-0.25, -0.2) is 4.79 Å². The number of rotatable bonds is 5. The molecule has 0 spiro atoms. The van der Waals surface area contributed by atoms with Crippen LogP contribution >= 0.6 is 0 Å². The predicted octanol–water partition coefficient (Wildman–Crippen LogP) is 1.14. The SMILES string of the molecule is COC[C@]1(C)NC(=O)N(CC(=O)N[C@@H]2CCCc3ccccc32)C1=O. The number of nitrogens with one attached hydrogen (secondary N) is 2. The van der Waals surface area contributed by atoms with Crippen molar-refractivity contribution in [1.82, 2.24) is 15.5 Å². The number of ether oxygens (including phenoxy) is 1. The van der Waals surface area contributed by atoms with E-state index in [1.54, 1.807) is 6.92 Å². The lowest BCUT2D eigenvalue weighted by atomic mass is 9.88. The molecule has 2 atom stereocenters. The quantitative estimate of drug-likeness (QED) is 0.784. The molecule has 7 heteroatoms. The molecular formula is C18H23N3O4. The van der Waals surface area contributed by atoms with Crippen LogP contribution < -0.4 is 10.6 Å². The minimum Gasteiger partial charge on any atom is -0.382 e. The number of hydrogen-bond donors (Lipinski definition) is 2. The summed E-state index contributed by atoms with van der Waals surface area (Å²) in [6.07, 6.45) is 2.85. The summed E-state index contributed by atoms with van der Waals surface area (Å²) in [5.41, 5.74) is 1.23. The van der Waals surface area contributed by atoms with E-state index in [2.05, 4.69) is 16.7 Å². The van der Waals surface area contributed by atoms with Gasteiger partial charge in [0.15, 0.2) is 0 Å². The number of methoxy groups -OCH3 is 1. The largest absolute Gasteiger partial charge is 0.382 e. The van der Waals surface area contributed by atoms with E-state index in [4.69, 9.17) is 4.74 Å². The zero-order chi connectivity index (χ0) is 18.0. The van der Waals surface area contributed by atoms with Crippen molar-refractivity contribution >= 4 is 17.8 Å². The summed E-state index contributed by atoms with van der Waals surface area (Å²) >= 11 is 0. The standard InChI is InChI=1S/C18H23N3O4/c1-18(11-25-2)16(23)21(17(24)20-18)10-15(22)19-14-9-5-7-12-6-3-4-8-13(12)14/h3-4,6,8,14H,5,7,9-11H2,1-2H3,(H,19,22)(H,20,24)/t14-,18+/m1/s1. The van der Waals surface area contributed by atoms with Crippen LogP contribution in [-0.2, 0) is 20.7 Å². The fourth-order valence-electron chi connectivity index (χ4n) is 3.56. The average molecular weight is 345 g/mol. The lowest BCUT2D eigenvalue weighted by molar-refractivity contribution is -0.136. The third-order valence-electron chi connectivity index (χ3n) is 4.78. The van der Waals surface area contributed by atoms with Gasteiger partial charge in [-0.15, -0.1) is 0 Å². The van der Waals surface area contributed by atoms with E-state index < -0.39 is 17.5 Å². The summed E-state index contributed by atoms with van der Waals surface area (Å²) < 4.78 is 5.00. The Balaban J connectivity index is 1.66. The van der Waals surface area contributed by atoms with Crippen LogP contribution in [0.25, 0.3) is 0 Å². The number of amides is 4. The summed E-state index contributed by atoms with van der Waals surface area (Å²) in [7, 11) is 1.46. The number of benzene rings is 1. The number of carbonyl (C=O) groups is 3. The van der Waals surface area contributed by atoms with Crippen LogP contribution in [-0.4, -0.2) is 48.5 Å². The normalized spacial score (nSPS) is 25.5. The second-order valence-electron chi connectivity index (χ2n) is 6.80. The zero-order valence-corrected chi connectivity index (χ0v) is 14.5. The molecule has 1 aliphatic carbocycles. The Morgan fingerprint density at radius 2 is 2.16 bits per heavy atom. The van der Waals surface area contributed by atoms with E-state index in [1.165, 1.54) is 12.7 Å². The van der Waals surface area contributed by atoms with Gasteiger partial charge in [-0.3, -0.25) is 14.5 Å². The minimum atomic E-state index is -1.12. The molecule has 1 aromatic carbocycles. The summed E-state index contributed by atoms with van der Waals surface area (Å²) in [5, 5.41) is 5.55. The highest BCUT2D eigenvalue weighted by molar-refractivity contribution is 6.08. The summed E-state index contributed by atoms with van der Waals surface area (Å²) in [6, 6.07) is 7.39. The lowest BCUT2D eigenvalue weighted by Gasteiger charge is -2.27. The Morgan fingerprint density at radius 3 is 2.92 bits per heavy atom. The van der Waals surface area contributed by atoms with Crippen molar-refractivity contribution in [2.24, 2.45) is 0 Å². The van der Waals surface area contributed by atoms with Crippen LogP contribution in [0.5, 0.6) is 0 Å². The zero-order valence-electron chi connectivity index (χ0n) is 14.5. The van der Waals surface area contributed by atoms with E-state index >= 15 is 0 Å². The highest BCUT2D eigenvalue weighted by Gasteiger charge is 2.48. The Hall–Kier alpha value is -2.41. The van der Waals surface area contributed by atoms with Crippen LogP contribution in [0.2, 0.25) is 0 Å². The average Bonchev–Trinajstić information content (AvgIpc) is 2.79. The molecule has 0 aromatic heterocycles. The lowest BCUT2D eigenvalue weighted by Crippen LogP contribution is -2.48. The van der Waals surface area contributed by atoms with Gasteiger partial charge in [-0.2, -0.15) is 0 Å². The molecule has 1 saturated heterocycles. The predicted molar refractivity (Wildman–Crippen MR) is 90.8 cm³/mol. The minimum absolute atomic E-state index is 0.0612. The maximum Gasteiger partial charge on any atom is 0.325 e. The number of aryl methyl sites for hydroxylation is 1. The van der Waals surface area contributed by atoms with Crippen LogP contribution in [0.15, 0.2) is 24.3 Å². The summed E-state index contributed by atoms with van der Waals surface area (Å²) in [4.78, 5) is 37.9. The van der Waals surface area contributed by atoms with Crippen LogP contribution in [0.1, 0.15) is 36.9 Å². The highest BCUT2D eigenvalue weighted by Crippen LogP contribution is 2.29. The van der Waals surface area contributed by atoms with Crippen molar-refractivity contribution in [2.45, 2.75) is 37.8 Å². The maximum atomic E-state index is 12.4. The summed E-state index contributed by atoms with van der Waals surface area (Å²) in [5.74, 6) is -0.787. The molecule has 0 bridgehead atoms. The molecule has 2 N–H and O–H groups in total. The van der Waals surface area contributed by atoms with Gasteiger partial charge >= 0.3 is 6.03 Å². The van der Waals surface area contributed by atoms with E-state index in [1.807, 2.05) is 18.2 Å². The van der Waals surface area contributed by atoms with Crippen molar-refractivity contribution in [3.8, 4) is 0 Å². The van der Waals surface area contributed by atoms with Crippen molar-refractivity contribution in [3.05, 3.63) is 35.4 Å². The van der Waals surface area contributed by atoms with Gasteiger partial charge in [-0.1, -0.05) is 24.3 Å². The van der Waals surface area contributed by atoms with Gasteiger partial charge in [0.25, 0.3) is 5.91 Å². The van der Waals surface area contributed by atoms with Crippen molar-refractivity contribution in [2.75, 3.05) is 20.3 Å². The smallest absolute Gasteiger partial charge is 0.325 e. The Bertz CT molecular complexity index is 705. The molecule has 1 heterocycles. The van der Waals surface area contributed by atoms with E-state index in [9.17, 15) is 14.4 Å². The first kappa shape index (κ1) is 17.4. The Kier molecular flexibility index (Phi) is 4.76. The van der Waals surface area contributed by atoms with Crippen LogP contribution in [0.3, 0.4) is 0 Å². The molecule has 1 aromatic rings. The Labute approximate surface area is 146 Å². The number of carbonyl (C=O) groups excluding carboxylic acids is 3. The van der Waals surface area contributed by atoms with Crippen molar-refractivity contribution in [3.63, 3.8) is 0 Å². The number of nitrogens with zero attached hydrogens (tertiary/aromatic N) is 1. The van der Waals surface area contributed by atoms with E-state index in [-0.39, 0.29) is 25.1 Å². The fourth-order valence-corrected chi connectivity index (χ4v) is 3.56. The topological polar surface area (TPSA) is 87.7 Å². The summed E-state index contributed by atoms with van der Waals surface area (Å²) in [6.45, 7) is 1.36. The second-order valence-corrected chi connectivity index (χ2v) is 6.80. The fraction of sp³-hybridized carbons (Fsp3) is 0.500. The molecule has 25 heavy (non-hydrogen) atoms. The van der Waals surface area contributed by atoms with Crippen LogP contribution in [0.4, 0.5) is 4.79 Å². The monoisotopic (exact) mass is 345 g/mol. The van der Waals surface area contributed by atoms with Crippen molar-refractivity contribution < 1.29 is 19.1 Å². The van der Waals surface area contributed by atoms with Gasteiger partial charge in [0.05, 0.1) is 12.6 Å². The molecule has 4 amide bonds. The van der Waals surface area contributed by atoms with Gasteiger partial charge < -0.3 is 15.4 Å². The Morgan fingerprint density at radius 1 is 1.40 bits per heavy atom. The molecule has 2 aliphatic rings. The third kappa shape index (κ3) is 3.37. The molecule has 0 unspecified atom stereocenters. The molecular weight excluding hydrogens is 322 g/mol.